The highest BCUT2D eigenvalue weighted by molar-refractivity contribution is 5.94. The predicted molar refractivity (Wildman–Crippen MR) is 137 cm³/mol. The van der Waals surface area contributed by atoms with Crippen molar-refractivity contribution < 1.29 is 4.79 Å². The lowest BCUT2D eigenvalue weighted by Crippen LogP contribution is -2.37. The van der Waals surface area contributed by atoms with Gasteiger partial charge in [0.25, 0.3) is 5.91 Å². The second kappa shape index (κ2) is 9.05. The summed E-state index contributed by atoms with van der Waals surface area (Å²) in [5, 5.41) is 1.31. The van der Waals surface area contributed by atoms with Crippen molar-refractivity contribution in [3.8, 4) is 11.3 Å². The number of pyridine rings is 2. The Morgan fingerprint density at radius 1 is 1.00 bits per heavy atom. The molecule has 0 radical (unpaired) electrons. The Morgan fingerprint density at radius 3 is 2.32 bits per heavy atom. The summed E-state index contributed by atoms with van der Waals surface area (Å²) in [6.07, 6.45) is 5.33. The fraction of sp³-hybridized carbons (Fsp3) is 0.345. The average molecular weight is 453 g/mol. The number of aromatic amines is 1. The van der Waals surface area contributed by atoms with Crippen molar-refractivity contribution in [1.29, 1.82) is 0 Å². The van der Waals surface area contributed by atoms with Gasteiger partial charge in [0.15, 0.2) is 0 Å². The molecule has 0 spiro atoms. The summed E-state index contributed by atoms with van der Waals surface area (Å²) in [6, 6.07) is 14.8. The van der Waals surface area contributed by atoms with Gasteiger partial charge in [0.1, 0.15) is 0 Å². The number of likely N-dealkylation sites (tertiary alicyclic amines) is 1. The Bertz CT molecular complexity index is 1310. The van der Waals surface area contributed by atoms with Crippen molar-refractivity contribution in [1.82, 2.24) is 19.9 Å². The van der Waals surface area contributed by atoms with Crippen LogP contribution in [0.15, 0.2) is 54.9 Å². The van der Waals surface area contributed by atoms with Gasteiger partial charge in [-0.25, -0.2) is 0 Å². The largest absolute Gasteiger partial charge is 0.354 e. The Hall–Kier alpha value is -3.47. The van der Waals surface area contributed by atoms with Gasteiger partial charge < -0.3 is 9.88 Å². The summed E-state index contributed by atoms with van der Waals surface area (Å²) in [4.78, 5) is 27.1. The van der Waals surface area contributed by atoms with Crippen molar-refractivity contribution >= 4 is 16.8 Å². The van der Waals surface area contributed by atoms with E-state index < -0.39 is 0 Å². The SMILES string of the molecule is Cc1cc(-c2[nH]c3ccc(C4CCN(C(=O)c5ccncc5)CC4)cc3c2C(C)C)cc(C)n1. The van der Waals surface area contributed by atoms with E-state index in [1.807, 2.05) is 4.90 Å². The van der Waals surface area contributed by atoms with Gasteiger partial charge in [-0.05, 0) is 86.1 Å². The van der Waals surface area contributed by atoms with Gasteiger partial charge in [-0.3, -0.25) is 14.8 Å². The van der Waals surface area contributed by atoms with Gasteiger partial charge in [0.05, 0.1) is 5.69 Å². The first-order valence-corrected chi connectivity index (χ1v) is 12.2. The number of fused-ring (bicyclic) bond motifs is 1. The molecule has 1 fully saturated rings. The third kappa shape index (κ3) is 4.23. The number of rotatable bonds is 4. The smallest absolute Gasteiger partial charge is 0.253 e. The van der Waals surface area contributed by atoms with E-state index in [1.54, 1.807) is 24.5 Å². The van der Waals surface area contributed by atoms with E-state index in [2.05, 4.69) is 73.0 Å². The van der Waals surface area contributed by atoms with Crippen LogP contribution in [0.2, 0.25) is 0 Å². The Morgan fingerprint density at radius 2 is 1.68 bits per heavy atom. The molecule has 1 amide bonds. The summed E-state index contributed by atoms with van der Waals surface area (Å²) in [6.45, 7) is 10.2. The number of piperidine rings is 1. The monoisotopic (exact) mass is 452 g/mol. The molecular weight excluding hydrogens is 420 g/mol. The van der Waals surface area contributed by atoms with E-state index in [1.165, 1.54) is 33.3 Å². The Balaban J connectivity index is 1.42. The van der Waals surface area contributed by atoms with Gasteiger partial charge in [0, 0.05) is 58.9 Å². The minimum absolute atomic E-state index is 0.108. The van der Waals surface area contributed by atoms with Gasteiger partial charge in [-0.1, -0.05) is 19.9 Å². The van der Waals surface area contributed by atoms with Crippen molar-refractivity contribution in [2.45, 2.75) is 52.4 Å². The molecule has 5 rings (SSSR count). The number of H-pyrrole nitrogens is 1. The molecule has 0 atom stereocenters. The van der Waals surface area contributed by atoms with Crippen LogP contribution < -0.4 is 0 Å². The lowest BCUT2D eigenvalue weighted by molar-refractivity contribution is 0.0713. The maximum Gasteiger partial charge on any atom is 0.253 e. The Labute approximate surface area is 201 Å². The van der Waals surface area contributed by atoms with Gasteiger partial charge in [-0.2, -0.15) is 0 Å². The van der Waals surface area contributed by atoms with Crippen LogP contribution in [0, 0.1) is 13.8 Å². The van der Waals surface area contributed by atoms with Crippen molar-refractivity contribution in [2.24, 2.45) is 0 Å². The van der Waals surface area contributed by atoms with Crippen molar-refractivity contribution in [3.63, 3.8) is 0 Å². The van der Waals surface area contributed by atoms with Crippen LogP contribution in [0.4, 0.5) is 0 Å². The minimum Gasteiger partial charge on any atom is -0.354 e. The average Bonchev–Trinajstić information content (AvgIpc) is 3.23. The summed E-state index contributed by atoms with van der Waals surface area (Å²) in [5.41, 5.74) is 9.13. The highest BCUT2D eigenvalue weighted by atomic mass is 16.2. The van der Waals surface area contributed by atoms with E-state index >= 15 is 0 Å². The van der Waals surface area contributed by atoms with Crippen LogP contribution in [-0.4, -0.2) is 38.8 Å². The molecule has 174 valence electrons. The molecule has 4 heterocycles. The number of nitrogens with zero attached hydrogens (tertiary/aromatic N) is 3. The molecule has 5 nitrogen and oxygen atoms in total. The first-order chi connectivity index (χ1) is 16.4. The molecule has 5 heteroatoms. The van der Waals surface area contributed by atoms with Gasteiger partial charge in [0.2, 0.25) is 0 Å². The third-order valence-corrected chi connectivity index (χ3v) is 6.99. The Kier molecular flexibility index (Phi) is 5.94. The fourth-order valence-corrected chi connectivity index (χ4v) is 5.38. The molecule has 1 N–H and O–H groups in total. The summed E-state index contributed by atoms with van der Waals surface area (Å²) in [5.74, 6) is 0.971. The highest BCUT2D eigenvalue weighted by Gasteiger charge is 2.25. The molecular formula is C29H32N4O. The van der Waals surface area contributed by atoms with E-state index in [0.717, 1.165) is 42.9 Å². The van der Waals surface area contributed by atoms with Gasteiger partial charge in [-0.15, -0.1) is 0 Å². The van der Waals surface area contributed by atoms with Crippen LogP contribution in [0.3, 0.4) is 0 Å². The molecule has 1 aromatic carbocycles. The predicted octanol–water partition coefficient (Wildman–Crippen LogP) is 6.38. The topological polar surface area (TPSA) is 61.9 Å². The van der Waals surface area contributed by atoms with Crippen LogP contribution in [0.5, 0.6) is 0 Å². The fourth-order valence-electron chi connectivity index (χ4n) is 5.38. The highest BCUT2D eigenvalue weighted by Crippen LogP contribution is 2.38. The van der Waals surface area contributed by atoms with E-state index in [9.17, 15) is 4.79 Å². The van der Waals surface area contributed by atoms with Crippen LogP contribution in [-0.2, 0) is 0 Å². The number of aromatic nitrogens is 3. The molecule has 0 bridgehead atoms. The lowest BCUT2D eigenvalue weighted by atomic mass is 9.87. The van der Waals surface area contributed by atoms with Crippen LogP contribution >= 0.6 is 0 Å². The number of hydrogen-bond acceptors (Lipinski definition) is 3. The summed E-state index contributed by atoms with van der Waals surface area (Å²) in [7, 11) is 0. The molecule has 34 heavy (non-hydrogen) atoms. The number of carbonyl (C=O) groups excluding carboxylic acids is 1. The molecule has 1 aliphatic rings. The van der Waals surface area contributed by atoms with E-state index in [0.29, 0.717) is 11.8 Å². The zero-order chi connectivity index (χ0) is 23.8. The second-order valence-electron chi connectivity index (χ2n) is 9.81. The number of nitrogens with one attached hydrogen (secondary N) is 1. The van der Waals surface area contributed by atoms with Crippen molar-refractivity contribution in [2.75, 3.05) is 13.1 Å². The maximum absolute atomic E-state index is 12.8. The second-order valence-corrected chi connectivity index (χ2v) is 9.81. The minimum atomic E-state index is 0.108. The normalized spacial score (nSPS) is 14.8. The van der Waals surface area contributed by atoms with Crippen LogP contribution in [0.1, 0.15) is 71.4 Å². The van der Waals surface area contributed by atoms with E-state index in [4.69, 9.17) is 0 Å². The quantitative estimate of drug-likeness (QED) is 0.390. The molecule has 0 aliphatic carbocycles. The molecule has 0 unspecified atom stereocenters. The number of benzene rings is 1. The van der Waals surface area contributed by atoms with Gasteiger partial charge >= 0.3 is 0 Å². The first kappa shape index (κ1) is 22.3. The number of aryl methyl sites for hydroxylation is 2. The number of carbonyl (C=O) groups is 1. The lowest BCUT2D eigenvalue weighted by Gasteiger charge is -2.32. The maximum atomic E-state index is 12.8. The first-order valence-electron chi connectivity index (χ1n) is 12.2. The van der Waals surface area contributed by atoms with Crippen molar-refractivity contribution in [3.05, 3.63) is 82.9 Å². The molecule has 3 aromatic heterocycles. The number of amides is 1. The van der Waals surface area contributed by atoms with Crippen LogP contribution in [0.25, 0.3) is 22.2 Å². The van der Waals surface area contributed by atoms with E-state index in [-0.39, 0.29) is 5.91 Å². The summed E-state index contributed by atoms with van der Waals surface area (Å²) < 4.78 is 0. The molecule has 0 saturated carbocycles. The summed E-state index contributed by atoms with van der Waals surface area (Å²) >= 11 is 0. The standard InChI is InChI=1S/C29H32N4O/c1-18(2)27-25-17-23(5-6-26(25)32-28(27)24-15-19(3)31-20(4)16-24)21-9-13-33(14-10-21)29(34)22-7-11-30-12-8-22/h5-8,11-12,15-18,21,32H,9-10,13-14H2,1-4H3. The molecule has 1 aliphatic heterocycles. The molecule has 4 aromatic rings. The number of hydrogen-bond donors (Lipinski definition) is 1. The zero-order valence-corrected chi connectivity index (χ0v) is 20.4. The zero-order valence-electron chi connectivity index (χ0n) is 20.4. The molecule has 1 saturated heterocycles. The third-order valence-electron chi connectivity index (χ3n) is 6.99.